The Balaban J connectivity index is 1.67. The average Bonchev–Trinajstić information content (AvgIpc) is 3.08. The molecule has 1 aliphatic heterocycles. The summed E-state index contributed by atoms with van der Waals surface area (Å²) in [5, 5.41) is 3.19. The fraction of sp³-hybridized carbons (Fsp3) is 0.300. The van der Waals surface area contributed by atoms with E-state index in [4.69, 9.17) is 21.1 Å². The molecule has 2 amide bonds. The lowest BCUT2D eigenvalue weighted by molar-refractivity contribution is -0.117. The summed E-state index contributed by atoms with van der Waals surface area (Å²) in [4.78, 5) is 26.0. The number of nitrogens with one attached hydrogen (secondary N) is 1. The largest absolute Gasteiger partial charge is 0.495 e. The Labute approximate surface area is 163 Å². The lowest BCUT2D eigenvalue weighted by Gasteiger charge is -2.16. The van der Waals surface area contributed by atoms with Crippen molar-refractivity contribution >= 4 is 34.8 Å². The molecule has 0 radical (unpaired) electrons. The molecular weight excluding hydrogens is 368 g/mol. The van der Waals surface area contributed by atoms with E-state index in [2.05, 4.69) is 5.32 Å². The second-order valence-electron chi connectivity index (χ2n) is 6.23. The highest BCUT2D eigenvalue weighted by Crippen LogP contribution is 2.36. The van der Waals surface area contributed by atoms with E-state index in [9.17, 15) is 9.59 Å². The quantitative estimate of drug-likeness (QED) is 0.819. The fourth-order valence-corrected chi connectivity index (χ4v) is 3.29. The van der Waals surface area contributed by atoms with Gasteiger partial charge in [-0.25, -0.2) is 0 Å². The van der Waals surface area contributed by atoms with Gasteiger partial charge in [0.05, 0.1) is 31.4 Å². The zero-order chi connectivity index (χ0) is 19.4. The molecule has 1 saturated heterocycles. The lowest BCUT2D eigenvalue weighted by Crippen LogP contribution is -2.23. The van der Waals surface area contributed by atoms with E-state index in [-0.39, 0.29) is 18.2 Å². The van der Waals surface area contributed by atoms with Crippen LogP contribution >= 0.6 is 11.6 Å². The summed E-state index contributed by atoms with van der Waals surface area (Å²) in [6, 6.07) is 10.7. The second kappa shape index (κ2) is 8.31. The van der Waals surface area contributed by atoms with Gasteiger partial charge in [0, 0.05) is 24.7 Å². The Morgan fingerprint density at radius 2 is 1.85 bits per heavy atom. The first-order valence-corrected chi connectivity index (χ1v) is 9.00. The van der Waals surface area contributed by atoms with Crippen LogP contribution in [0.15, 0.2) is 36.4 Å². The number of benzene rings is 2. The Morgan fingerprint density at radius 1 is 1.15 bits per heavy atom. The van der Waals surface area contributed by atoms with Crippen LogP contribution in [-0.2, 0) is 16.0 Å². The molecule has 3 rings (SSSR count). The Morgan fingerprint density at radius 3 is 2.44 bits per heavy atom. The van der Waals surface area contributed by atoms with E-state index in [0.717, 1.165) is 24.2 Å². The Kier molecular flexibility index (Phi) is 5.86. The summed E-state index contributed by atoms with van der Waals surface area (Å²) >= 11 is 6.13. The maximum atomic E-state index is 12.4. The van der Waals surface area contributed by atoms with Gasteiger partial charge < -0.3 is 19.7 Å². The molecule has 2 aromatic carbocycles. The van der Waals surface area contributed by atoms with Crippen molar-refractivity contribution in [3.05, 3.63) is 47.0 Å². The highest BCUT2D eigenvalue weighted by molar-refractivity contribution is 6.32. The molecule has 7 heteroatoms. The first kappa shape index (κ1) is 19.0. The first-order valence-electron chi connectivity index (χ1n) is 8.62. The van der Waals surface area contributed by atoms with Gasteiger partial charge >= 0.3 is 0 Å². The number of methoxy groups -OCH3 is 2. The summed E-state index contributed by atoms with van der Waals surface area (Å²) in [7, 11) is 3.02. The molecule has 1 fully saturated rings. The monoisotopic (exact) mass is 388 g/mol. The molecule has 2 aromatic rings. The summed E-state index contributed by atoms with van der Waals surface area (Å²) in [6.07, 6.45) is 1.67. The number of halogens is 1. The summed E-state index contributed by atoms with van der Waals surface area (Å²) in [6.45, 7) is 0.747. The predicted molar refractivity (Wildman–Crippen MR) is 105 cm³/mol. The van der Waals surface area contributed by atoms with Crippen molar-refractivity contribution in [1.29, 1.82) is 0 Å². The van der Waals surface area contributed by atoms with Crippen molar-refractivity contribution in [2.45, 2.75) is 19.3 Å². The maximum Gasteiger partial charge on any atom is 0.228 e. The van der Waals surface area contributed by atoms with Crippen molar-refractivity contribution in [3.63, 3.8) is 0 Å². The Bertz CT molecular complexity index is 852. The van der Waals surface area contributed by atoms with Crippen LogP contribution in [0.1, 0.15) is 18.4 Å². The first-order chi connectivity index (χ1) is 13.0. The van der Waals surface area contributed by atoms with Crippen molar-refractivity contribution in [2.24, 2.45) is 0 Å². The molecule has 0 aromatic heterocycles. The highest BCUT2D eigenvalue weighted by Gasteiger charge is 2.21. The van der Waals surface area contributed by atoms with E-state index >= 15 is 0 Å². The van der Waals surface area contributed by atoms with Gasteiger partial charge in [-0.2, -0.15) is 0 Å². The number of carbonyl (C=O) groups is 2. The molecule has 0 atom stereocenters. The van der Waals surface area contributed by atoms with Crippen molar-refractivity contribution in [1.82, 2.24) is 0 Å². The van der Waals surface area contributed by atoms with Gasteiger partial charge in [0.15, 0.2) is 0 Å². The molecule has 0 aliphatic carbocycles. The maximum absolute atomic E-state index is 12.4. The van der Waals surface area contributed by atoms with E-state index in [0.29, 0.717) is 28.6 Å². The second-order valence-corrected chi connectivity index (χ2v) is 6.63. The molecule has 0 bridgehead atoms. The van der Waals surface area contributed by atoms with Crippen molar-refractivity contribution in [3.8, 4) is 11.5 Å². The topological polar surface area (TPSA) is 67.9 Å². The third kappa shape index (κ3) is 4.34. The molecule has 0 spiro atoms. The van der Waals surface area contributed by atoms with E-state index < -0.39 is 0 Å². The fourth-order valence-electron chi connectivity index (χ4n) is 3.05. The van der Waals surface area contributed by atoms with Crippen LogP contribution in [0.4, 0.5) is 11.4 Å². The number of hydrogen-bond acceptors (Lipinski definition) is 4. The van der Waals surface area contributed by atoms with E-state index in [1.807, 2.05) is 24.3 Å². The van der Waals surface area contributed by atoms with Gasteiger partial charge in [-0.05, 0) is 30.2 Å². The van der Waals surface area contributed by atoms with Gasteiger partial charge in [0.25, 0.3) is 0 Å². The molecule has 1 heterocycles. The van der Waals surface area contributed by atoms with Gasteiger partial charge in [-0.3, -0.25) is 9.59 Å². The van der Waals surface area contributed by atoms with Gasteiger partial charge in [-0.15, -0.1) is 0 Å². The lowest BCUT2D eigenvalue weighted by atomic mass is 10.1. The average molecular weight is 389 g/mol. The minimum absolute atomic E-state index is 0.143. The highest BCUT2D eigenvalue weighted by atomic mass is 35.5. The van der Waals surface area contributed by atoms with Crippen LogP contribution in [0.25, 0.3) is 0 Å². The number of rotatable bonds is 6. The number of carbonyl (C=O) groups excluding carboxylic acids is 2. The minimum atomic E-state index is -0.195. The SMILES string of the molecule is COc1cc(OC)c(NC(=O)Cc2ccc(N3CCCC3=O)cc2)cc1Cl. The summed E-state index contributed by atoms with van der Waals surface area (Å²) in [5.74, 6) is 0.884. The van der Waals surface area contributed by atoms with Crippen LogP contribution in [0, 0.1) is 0 Å². The number of nitrogens with zero attached hydrogens (tertiary/aromatic N) is 1. The minimum Gasteiger partial charge on any atom is -0.495 e. The molecule has 0 unspecified atom stereocenters. The number of ether oxygens (including phenoxy) is 2. The van der Waals surface area contributed by atoms with Crippen LogP contribution in [0.3, 0.4) is 0 Å². The Hall–Kier alpha value is -2.73. The zero-order valence-electron chi connectivity index (χ0n) is 15.3. The van der Waals surface area contributed by atoms with E-state index in [1.165, 1.54) is 14.2 Å². The van der Waals surface area contributed by atoms with Crippen molar-refractivity contribution < 1.29 is 19.1 Å². The number of amides is 2. The molecule has 1 N–H and O–H groups in total. The predicted octanol–water partition coefficient (Wildman–Crippen LogP) is 3.67. The van der Waals surface area contributed by atoms with Crippen molar-refractivity contribution in [2.75, 3.05) is 31.0 Å². The van der Waals surface area contributed by atoms with Gasteiger partial charge in [-0.1, -0.05) is 23.7 Å². The molecular formula is C20H21ClN2O4. The zero-order valence-corrected chi connectivity index (χ0v) is 16.0. The van der Waals surface area contributed by atoms with Crippen LogP contribution in [-0.4, -0.2) is 32.6 Å². The van der Waals surface area contributed by atoms with Crippen LogP contribution in [0.5, 0.6) is 11.5 Å². The normalized spacial score (nSPS) is 13.6. The molecule has 27 heavy (non-hydrogen) atoms. The van der Waals surface area contributed by atoms with E-state index in [1.54, 1.807) is 17.0 Å². The standard InChI is InChI=1S/C20H21ClN2O4/c1-26-17-12-18(27-2)16(11-15(17)21)22-19(24)10-13-5-7-14(8-6-13)23-9-3-4-20(23)25/h5-8,11-12H,3-4,9-10H2,1-2H3,(H,22,24). The number of hydrogen-bond donors (Lipinski definition) is 1. The molecule has 142 valence electrons. The third-order valence-electron chi connectivity index (χ3n) is 4.43. The van der Waals surface area contributed by atoms with Gasteiger partial charge in [0.1, 0.15) is 11.5 Å². The number of anilines is 2. The third-order valence-corrected chi connectivity index (χ3v) is 4.73. The molecule has 0 saturated carbocycles. The van der Waals surface area contributed by atoms with Crippen LogP contribution in [0.2, 0.25) is 5.02 Å². The smallest absolute Gasteiger partial charge is 0.228 e. The summed E-state index contributed by atoms with van der Waals surface area (Å²) < 4.78 is 10.4. The summed E-state index contributed by atoms with van der Waals surface area (Å²) in [5.41, 5.74) is 2.19. The molecule has 1 aliphatic rings. The van der Waals surface area contributed by atoms with Gasteiger partial charge in [0.2, 0.25) is 11.8 Å². The van der Waals surface area contributed by atoms with Crippen LogP contribution < -0.4 is 19.7 Å². The molecule has 6 nitrogen and oxygen atoms in total.